The summed E-state index contributed by atoms with van der Waals surface area (Å²) in [6.07, 6.45) is 1.64. The van der Waals surface area contributed by atoms with E-state index in [-0.39, 0.29) is 11.9 Å². The van der Waals surface area contributed by atoms with Crippen molar-refractivity contribution >= 4 is 27.6 Å². The Morgan fingerprint density at radius 3 is 2.70 bits per heavy atom. The quantitative estimate of drug-likeness (QED) is 0.866. The molecule has 0 aliphatic rings. The Labute approximate surface area is 121 Å². The summed E-state index contributed by atoms with van der Waals surface area (Å²) >= 11 is 0. The molecule has 0 aliphatic heterocycles. The standard InChI is InChI=1S/C15H18N2O2S/c1-11(10-20(3)19)17(2)15(18)14-9-8-12-6-4-5-7-13(12)16-14/h4-9,11H,10H2,1-3H3/t11-,20-/m1/s1. The molecule has 1 aromatic carbocycles. The summed E-state index contributed by atoms with van der Waals surface area (Å²) in [5.74, 6) is 0.323. The highest BCUT2D eigenvalue weighted by atomic mass is 32.2. The fraction of sp³-hybridized carbons (Fsp3) is 0.333. The lowest BCUT2D eigenvalue weighted by atomic mass is 10.2. The molecule has 0 unspecified atom stereocenters. The van der Waals surface area contributed by atoms with Gasteiger partial charge in [-0.25, -0.2) is 4.98 Å². The molecule has 2 aromatic rings. The van der Waals surface area contributed by atoms with E-state index in [1.165, 1.54) is 0 Å². The third kappa shape index (κ3) is 3.22. The van der Waals surface area contributed by atoms with Crippen LogP contribution in [0.15, 0.2) is 36.4 Å². The van der Waals surface area contributed by atoms with Crippen LogP contribution in [0.4, 0.5) is 0 Å². The van der Waals surface area contributed by atoms with Gasteiger partial charge >= 0.3 is 0 Å². The lowest BCUT2D eigenvalue weighted by Crippen LogP contribution is -2.38. The van der Waals surface area contributed by atoms with Crippen LogP contribution >= 0.6 is 0 Å². The Morgan fingerprint density at radius 1 is 1.30 bits per heavy atom. The third-order valence-electron chi connectivity index (χ3n) is 3.27. The summed E-state index contributed by atoms with van der Waals surface area (Å²) in [6.45, 7) is 1.89. The number of fused-ring (bicyclic) bond motifs is 1. The summed E-state index contributed by atoms with van der Waals surface area (Å²) in [7, 11) is 0.793. The summed E-state index contributed by atoms with van der Waals surface area (Å²) in [5, 5.41) is 1.01. The number of hydrogen-bond acceptors (Lipinski definition) is 3. The number of amides is 1. The topological polar surface area (TPSA) is 50.3 Å². The molecule has 106 valence electrons. The predicted molar refractivity (Wildman–Crippen MR) is 82.2 cm³/mol. The zero-order valence-electron chi connectivity index (χ0n) is 11.9. The van der Waals surface area contributed by atoms with E-state index in [1.54, 1.807) is 24.3 Å². The highest BCUT2D eigenvalue weighted by Gasteiger charge is 2.19. The fourth-order valence-corrected chi connectivity index (χ4v) is 2.92. The number of carbonyl (C=O) groups excluding carboxylic acids is 1. The highest BCUT2D eigenvalue weighted by molar-refractivity contribution is 7.84. The van der Waals surface area contributed by atoms with Gasteiger partial charge in [0.15, 0.2) is 0 Å². The first kappa shape index (κ1) is 14.7. The highest BCUT2D eigenvalue weighted by Crippen LogP contribution is 2.13. The molecular weight excluding hydrogens is 272 g/mol. The van der Waals surface area contributed by atoms with Crippen LogP contribution in [0.1, 0.15) is 17.4 Å². The van der Waals surface area contributed by atoms with Gasteiger partial charge in [-0.15, -0.1) is 0 Å². The van der Waals surface area contributed by atoms with Gasteiger partial charge in [-0.3, -0.25) is 9.00 Å². The molecule has 0 fully saturated rings. The lowest BCUT2D eigenvalue weighted by molar-refractivity contribution is 0.0751. The van der Waals surface area contributed by atoms with Gasteiger partial charge in [0.2, 0.25) is 0 Å². The Morgan fingerprint density at radius 2 is 2.00 bits per heavy atom. The first-order chi connectivity index (χ1) is 9.49. The molecule has 0 bridgehead atoms. The predicted octanol–water partition coefficient (Wildman–Crippen LogP) is 2.07. The van der Waals surface area contributed by atoms with Crippen molar-refractivity contribution in [3.05, 3.63) is 42.1 Å². The summed E-state index contributed by atoms with van der Waals surface area (Å²) in [4.78, 5) is 18.4. The second kappa shape index (κ2) is 6.13. The van der Waals surface area contributed by atoms with Crippen LogP contribution in [-0.4, -0.2) is 45.1 Å². The minimum absolute atomic E-state index is 0.0818. The minimum Gasteiger partial charge on any atom is -0.337 e. The van der Waals surface area contributed by atoms with Gasteiger partial charge in [0.1, 0.15) is 5.69 Å². The number of pyridine rings is 1. The Balaban J connectivity index is 2.24. The number of benzene rings is 1. The van der Waals surface area contributed by atoms with Crippen molar-refractivity contribution in [1.29, 1.82) is 0 Å². The van der Waals surface area contributed by atoms with E-state index < -0.39 is 10.8 Å². The van der Waals surface area contributed by atoms with Crippen molar-refractivity contribution in [1.82, 2.24) is 9.88 Å². The second-order valence-electron chi connectivity index (χ2n) is 4.89. The molecular formula is C15H18N2O2S. The van der Waals surface area contributed by atoms with Gasteiger partial charge < -0.3 is 4.90 Å². The van der Waals surface area contributed by atoms with Crippen LogP contribution in [0, 0.1) is 0 Å². The van der Waals surface area contributed by atoms with E-state index in [0.717, 1.165) is 10.9 Å². The molecule has 1 aromatic heterocycles. The lowest BCUT2D eigenvalue weighted by Gasteiger charge is -2.23. The van der Waals surface area contributed by atoms with E-state index in [2.05, 4.69) is 4.98 Å². The Bertz CT molecular complexity index is 657. The van der Waals surface area contributed by atoms with Crippen molar-refractivity contribution in [2.24, 2.45) is 0 Å². The number of para-hydroxylation sites is 1. The molecule has 0 spiro atoms. The SMILES string of the molecule is C[C@H](C[S@@](C)=O)N(C)C(=O)c1ccc2ccccc2n1. The average molecular weight is 290 g/mol. The molecule has 0 saturated carbocycles. The third-order valence-corrected chi connectivity index (χ3v) is 4.23. The summed E-state index contributed by atoms with van der Waals surface area (Å²) in [6, 6.07) is 11.2. The van der Waals surface area contributed by atoms with E-state index in [9.17, 15) is 9.00 Å². The van der Waals surface area contributed by atoms with Gasteiger partial charge in [0, 0.05) is 41.3 Å². The van der Waals surface area contributed by atoms with Crippen molar-refractivity contribution in [2.45, 2.75) is 13.0 Å². The molecule has 2 atom stereocenters. The number of rotatable bonds is 4. The number of hydrogen-bond donors (Lipinski definition) is 0. The molecule has 1 heterocycles. The van der Waals surface area contributed by atoms with Gasteiger partial charge in [0.05, 0.1) is 5.52 Å². The van der Waals surface area contributed by atoms with Crippen molar-refractivity contribution in [2.75, 3.05) is 19.1 Å². The fourth-order valence-electron chi connectivity index (χ4n) is 2.02. The van der Waals surface area contributed by atoms with E-state index in [0.29, 0.717) is 11.4 Å². The molecule has 0 aliphatic carbocycles. The van der Waals surface area contributed by atoms with Crippen molar-refractivity contribution in [3.8, 4) is 0 Å². The number of aromatic nitrogens is 1. The van der Waals surface area contributed by atoms with Crippen molar-refractivity contribution < 1.29 is 9.00 Å². The number of nitrogens with zero attached hydrogens (tertiary/aromatic N) is 2. The van der Waals surface area contributed by atoms with Gasteiger partial charge in [-0.2, -0.15) is 0 Å². The number of carbonyl (C=O) groups is 1. The maximum atomic E-state index is 12.4. The average Bonchev–Trinajstić information content (AvgIpc) is 2.44. The Hall–Kier alpha value is -1.75. The smallest absolute Gasteiger partial charge is 0.272 e. The van der Waals surface area contributed by atoms with Gasteiger partial charge in [0.25, 0.3) is 5.91 Å². The molecule has 5 heteroatoms. The normalized spacial score (nSPS) is 13.9. The molecule has 4 nitrogen and oxygen atoms in total. The van der Waals surface area contributed by atoms with Gasteiger partial charge in [-0.1, -0.05) is 24.3 Å². The first-order valence-corrected chi connectivity index (χ1v) is 8.14. The first-order valence-electron chi connectivity index (χ1n) is 6.42. The molecule has 1 amide bonds. The Kier molecular flexibility index (Phi) is 4.49. The molecule has 0 N–H and O–H groups in total. The van der Waals surface area contributed by atoms with Crippen molar-refractivity contribution in [3.63, 3.8) is 0 Å². The van der Waals surface area contributed by atoms with E-state index in [1.807, 2.05) is 37.3 Å². The van der Waals surface area contributed by atoms with Crippen LogP contribution in [0.25, 0.3) is 10.9 Å². The summed E-state index contributed by atoms with van der Waals surface area (Å²) < 4.78 is 11.3. The van der Waals surface area contributed by atoms with Crippen LogP contribution in [0.3, 0.4) is 0 Å². The zero-order chi connectivity index (χ0) is 14.7. The second-order valence-corrected chi connectivity index (χ2v) is 6.37. The van der Waals surface area contributed by atoms with Crippen LogP contribution in [0.2, 0.25) is 0 Å². The largest absolute Gasteiger partial charge is 0.337 e. The van der Waals surface area contributed by atoms with Crippen LogP contribution in [0.5, 0.6) is 0 Å². The van der Waals surface area contributed by atoms with Crippen LogP contribution < -0.4 is 0 Å². The maximum Gasteiger partial charge on any atom is 0.272 e. The minimum atomic E-state index is -0.926. The van der Waals surface area contributed by atoms with E-state index in [4.69, 9.17) is 0 Å². The van der Waals surface area contributed by atoms with Gasteiger partial charge in [-0.05, 0) is 19.1 Å². The molecule has 0 radical (unpaired) electrons. The summed E-state index contributed by atoms with van der Waals surface area (Å²) in [5.41, 5.74) is 1.22. The zero-order valence-corrected chi connectivity index (χ0v) is 12.7. The van der Waals surface area contributed by atoms with Crippen LogP contribution in [-0.2, 0) is 10.8 Å². The molecule has 2 rings (SSSR count). The molecule has 20 heavy (non-hydrogen) atoms. The molecule has 0 saturated heterocycles. The maximum absolute atomic E-state index is 12.4. The monoisotopic (exact) mass is 290 g/mol. The van der Waals surface area contributed by atoms with E-state index >= 15 is 0 Å².